The largest absolute Gasteiger partial charge is 0.402 e. The third-order valence-electron chi connectivity index (χ3n) is 3.25. The van der Waals surface area contributed by atoms with Crippen LogP contribution in [0.3, 0.4) is 0 Å². The molecule has 0 aliphatic heterocycles. The Morgan fingerprint density at radius 2 is 2.10 bits per heavy atom. The number of anilines is 1. The van der Waals surface area contributed by atoms with Crippen LogP contribution in [-0.4, -0.2) is 9.97 Å². The summed E-state index contributed by atoms with van der Waals surface area (Å²) in [4.78, 5) is 8.75. The highest BCUT2D eigenvalue weighted by atomic mass is 15.1. The van der Waals surface area contributed by atoms with E-state index in [0.29, 0.717) is 11.6 Å². The van der Waals surface area contributed by atoms with E-state index in [1.165, 1.54) is 18.4 Å². The Labute approximate surface area is 126 Å². The molecule has 4 heteroatoms. The van der Waals surface area contributed by atoms with Crippen LogP contribution in [0.25, 0.3) is 5.57 Å². The zero-order valence-electron chi connectivity index (χ0n) is 12.5. The van der Waals surface area contributed by atoms with Crippen molar-refractivity contribution in [1.82, 2.24) is 9.97 Å². The summed E-state index contributed by atoms with van der Waals surface area (Å²) >= 11 is 0. The van der Waals surface area contributed by atoms with E-state index in [4.69, 9.17) is 5.73 Å². The van der Waals surface area contributed by atoms with Gasteiger partial charge in [-0.2, -0.15) is 0 Å². The molecule has 1 heterocycles. The number of allylic oxidation sites excluding steroid dienone is 6. The van der Waals surface area contributed by atoms with E-state index in [2.05, 4.69) is 27.9 Å². The lowest BCUT2D eigenvalue weighted by Crippen LogP contribution is -2.04. The molecule has 0 spiro atoms. The number of rotatable bonds is 5. The predicted octanol–water partition coefficient (Wildman–Crippen LogP) is 3.78. The molecule has 0 saturated carbocycles. The highest BCUT2D eigenvalue weighted by Crippen LogP contribution is 2.25. The molecule has 0 unspecified atom stereocenters. The lowest BCUT2D eigenvalue weighted by molar-refractivity contribution is 0.741. The summed E-state index contributed by atoms with van der Waals surface area (Å²) in [6.45, 7) is 5.52. The van der Waals surface area contributed by atoms with Gasteiger partial charge in [0, 0.05) is 29.4 Å². The van der Waals surface area contributed by atoms with E-state index >= 15 is 0 Å². The highest BCUT2D eigenvalue weighted by molar-refractivity contribution is 5.65. The van der Waals surface area contributed by atoms with Gasteiger partial charge in [-0.15, -0.1) is 0 Å². The minimum atomic E-state index is 0.556. The molecule has 1 aromatic heterocycles. The number of aromatic nitrogens is 2. The van der Waals surface area contributed by atoms with Crippen LogP contribution in [0.4, 0.5) is 5.95 Å². The summed E-state index contributed by atoms with van der Waals surface area (Å²) in [6.07, 6.45) is 16.2. The van der Waals surface area contributed by atoms with Crippen molar-refractivity contribution in [2.75, 3.05) is 5.32 Å². The van der Waals surface area contributed by atoms with Crippen LogP contribution in [0.15, 0.2) is 54.7 Å². The lowest BCUT2D eigenvalue weighted by atomic mass is 9.95. The van der Waals surface area contributed by atoms with Crippen molar-refractivity contribution in [3.8, 4) is 0 Å². The normalized spacial score (nSPS) is 16.3. The van der Waals surface area contributed by atoms with Crippen LogP contribution < -0.4 is 11.1 Å². The summed E-state index contributed by atoms with van der Waals surface area (Å²) < 4.78 is 0. The first kappa shape index (κ1) is 15.0. The van der Waals surface area contributed by atoms with Crippen LogP contribution in [0.1, 0.15) is 38.2 Å². The van der Waals surface area contributed by atoms with Crippen molar-refractivity contribution in [3.05, 3.63) is 60.2 Å². The van der Waals surface area contributed by atoms with Crippen LogP contribution in [0.2, 0.25) is 0 Å². The molecule has 0 bridgehead atoms. The average molecular weight is 282 g/mol. The van der Waals surface area contributed by atoms with E-state index in [9.17, 15) is 0 Å². The van der Waals surface area contributed by atoms with Gasteiger partial charge in [-0.05, 0) is 50.3 Å². The van der Waals surface area contributed by atoms with Gasteiger partial charge in [0.2, 0.25) is 5.95 Å². The Hall–Kier alpha value is -2.36. The highest BCUT2D eigenvalue weighted by Gasteiger charge is 2.07. The topological polar surface area (TPSA) is 63.8 Å². The second kappa shape index (κ2) is 7.43. The number of hydrogen-bond donors (Lipinski definition) is 2. The molecular formula is C17H22N4. The first-order chi connectivity index (χ1) is 10.2. The number of hydrogen-bond acceptors (Lipinski definition) is 4. The van der Waals surface area contributed by atoms with Crippen molar-refractivity contribution in [2.45, 2.75) is 32.6 Å². The second-order valence-electron chi connectivity index (χ2n) is 5.14. The predicted molar refractivity (Wildman–Crippen MR) is 88.3 cm³/mol. The van der Waals surface area contributed by atoms with Crippen LogP contribution in [0, 0.1) is 0 Å². The number of nitrogens with zero attached hydrogens (tertiary/aromatic N) is 2. The molecule has 21 heavy (non-hydrogen) atoms. The molecule has 0 fully saturated rings. The smallest absolute Gasteiger partial charge is 0.227 e. The van der Waals surface area contributed by atoms with Gasteiger partial charge in [-0.3, -0.25) is 0 Å². The van der Waals surface area contributed by atoms with Gasteiger partial charge >= 0.3 is 0 Å². The molecule has 2 rings (SSSR count). The lowest BCUT2D eigenvalue weighted by Gasteiger charge is -2.12. The van der Waals surface area contributed by atoms with Gasteiger partial charge in [0.1, 0.15) is 0 Å². The molecule has 1 aliphatic carbocycles. The molecule has 0 radical (unpaired) electrons. The molecular weight excluding hydrogens is 260 g/mol. The van der Waals surface area contributed by atoms with Gasteiger partial charge in [0.05, 0.1) is 0 Å². The van der Waals surface area contributed by atoms with E-state index in [-0.39, 0.29) is 0 Å². The molecule has 1 aromatic rings. The van der Waals surface area contributed by atoms with Crippen LogP contribution in [0.5, 0.6) is 0 Å². The average Bonchev–Trinajstić information content (AvgIpc) is 2.48. The third-order valence-corrected chi connectivity index (χ3v) is 3.25. The fraction of sp³-hybridized carbons (Fsp3) is 0.294. The summed E-state index contributed by atoms with van der Waals surface area (Å²) in [5.41, 5.74) is 9.68. The van der Waals surface area contributed by atoms with E-state index in [1.54, 1.807) is 6.08 Å². The minimum absolute atomic E-state index is 0.556. The maximum Gasteiger partial charge on any atom is 0.227 e. The van der Waals surface area contributed by atoms with Crippen LogP contribution >= 0.6 is 0 Å². The zero-order chi connectivity index (χ0) is 15.1. The Balaban J connectivity index is 2.11. The standard InChI is InChI=1S/C17H22N4/c1-3-7-16(10-13(2)18)21-17-19-11-15(12-20-17)14-8-5-4-6-9-14/h3,7-8,10-12H,1,4-6,9,18H2,2H3,(H,19,20,21)/b13-10+,16-7?. The fourth-order valence-electron chi connectivity index (χ4n) is 2.29. The minimum Gasteiger partial charge on any atom is -0.402 e. The molecule has 0 atom stereocenters. The Kier molecular flexibility index (Phi) is 5.32. The Bertz CT molecular complexity index is 575. The second-order valence-corrected chi connectivity index (χ2v) is 5.14. The van der Waals surface area contributed by atoms with E-state index < -0.39 is 0 Å². The molecule has 4 nitrogen and oxygen atoms in total. The van der Waals surface area contributed by atoms with Crippen molar-refractivity contribution in [3.63, 3.8) is 0 Å². The SMILES string of the molecule is C=CC=C(/C=C(\C)N)Nc1ncc(C2=CCCCC2)cn1. The monoisotopic (exact) mass is 282 g/mol. The Morgan fingerprint density at radius 1 is 1.33 bits per heavy atom. The molecule has 0 aromatic carbocycles. The van der Waals surface area contributed by atoms with Crippen molar-refractivity contribution >= 4 is 11.5 Å². The van der Waals surface area contributed by atoms with Gasteiger partial charge in [-0.1, -0.05) is 18.7 Å². The quantitative estimate of drug-likeness (QED) is 0.807. The Morgan fingerprint density at radius 3 is 2.67 bits per heavy atom. The third kappa shape index (κ3) is 4.60. The fourth-order valence-corrected chi connectivity index (χ4v) is 2.29. The number of nitrogens with one attached hydrogen (secondary N) is 1. The van der Waals surface area contributed by atoms with Gasteiger partial charge in [0.15, 0.2) is 0 Å². The van der Waals surface area contributed by atoms with Crippen molar-refractivity contribution < 1.29 is 0 Å². The molecule has 110 valence electrons. The zero-order valence-corrected chi connectivity index (χ0v) is 12.5. The van der Waals surface area contributed by atoms with Gasteiger partial charge in [-0.25, -0.2) is 9.97 Å². The van der Waals surface area contributed by atoms with Crippen molar-refractivity contribution in [1.29, 1.82) is 0 Å². The molecule has 1 aliphatic rings. The molecule has 3 N–H and O–H groups in total. The van der Waals surface area contributed by atoms with E-state index in [1.807, 2.05) is 31.5 Å². The molecule has 0 amide bonds. The maximum atomic E-state index is 5.70. The summed E-state index contributed by atoms with van der Waals surface area (Å²) in [7, 11) is 0. The molecule has 0 saturated heterocycles. The maximum absolute atomic E-state index is 5.70. The summed E-state index contributed by atoms with van der Waals surface area (Å²) in [6, 6.07) is 0. The first-order valence-electron chi connectivity index (χ1n) is 7.24. The van der Waals surface area contributed by atoms with Crippen LogP contribution in [-0.2, 0) is 0 Å². The van der Waals surface area contributed by atoms with Gasteiger partial charge in [0.25, 0.3) is 0 Å². The first-order valence-corrected chi connectivity index (χ1v) is 7.24. The summed E-state index contributed by atoms with van der Waals surface area (Å²) in [5.74, 6) is 0.556. The van der Waals surface area contributed by atoms with Gasteiger partial charge < -0.3 is 11.1 Å². The van der Waals surface area contributed by atoms with Crippen molar-refractivity contribution in [2.24, 2.45) is 5.73 Å². The van der Waals surface area contributed by atoms with E-state index in [0.717, 1.165) is 24.1 Å². The number of nitrogens with two attached hydrogens (primary N) is 1. The summed E-state index contributed by atoms with van der Waals surface area (Å²) in [5, 5.41) is 3.13.